The molecule has 2 aromatic rings. The summed E-state index contributed by atoms with van der Waals surface area (Å²) in [5.41, 5.74) is 1.42. The van der Waals surface area contributed by atoms with Crippen LogP contribution in [0.5, 0.6) is 5.75 Å². The average Bonchev–Trinajstić information content (AvgIpc) is 2.46. The third-order valence-electron chi connectivity index (χ3n) is 2.76. The number of nitro benzene ring substituents is 1. The van der Waals surface area contributed by atoms with Crippen LogP contribution < -0.4 is 10.1 Å². The summed E-state index contributed by atoms with van der Waals surface area (Å²) in [5, 5.41) is 13.7. The average molecular weight is 384 g/mol. The fraction of sp³-hybridized carbons (Fsp3) is 0.143. The molecule has 0 heterocycles. The van der Waals surface area contributed by atoms with Crippen LogP contribution in [0.15, 0.2) is 42.5 Å². The van der Waals surface area contributed by atoms with Gasteiger partial charge in [-0.1, -0.05) is 12.1 Å². The van der Waals surface area contributed by atoms with E-state index < -0.39 is 4.92 Å². The molecule has 0 amide bonds. The van der Waals surface area contributed by atoms with E-state index in [9.17, 15) is 10.1 Å². The number of nitro groups is 1. The summed E-state index contributed by atoms with van der Waals surface area (Å²) in [4.78, 5) is 10.4. The molecule has 0 unspecified atom stereocenters. The van der Waals surface area contributed by atoms with E-state index >= 15 is 0 Å². The second-order valence-electron chi connectivity index (χ2n) is 4.08. The van der Waals surface area contributed by atoms with Crippen molar-refractivity contribution in [2.75, 3.05) is 12.4 Å². The van der Waals surface area contributed by atoms with Crippen LogP contribution in [0.3, 0.4) is 0 Å². The lowest BCUT2D eigenvalue weighted by atomic mass is 10.2. The van der Waals surface area contributed by atoms with Crippen molar-refractivity contribution in [3.8, 4) is 5.75 Å². The van der Waals surface area contributed by atoms with E-state index in [1.807, 2.05) is 24.3 Å². The van der Waals surface area contributed by atoms with Crippen molar-refractivity contribution < 1.29 is 9.66 Å². The van der Waals surface area contributed by atoms with Gasteiger partial charge in [0.15, 0.2) is 0 Å². The predicted molar refractivity (Wildman–Crippen MR) is 86.1 cm³/mol. The Bertz CT molecular complexity index is 632. The third-order valence-corrected chi connectivity index (χ3v) is 3.65. The smallest absolute Gasteiger partial charge is 0.292 e. The second kappa shape index (κ2) is 6.56. The van der Waals surface area contributed by atoms with E-state index in [2.05, 4.69) is 27.9 Å². The fourth-order valence-electron chi connectivity index (χ4n) is 1.76. The highest BCUT2D eigenvalue weighted by atomic mass is 127. The molecule has 2 rings (SSSR count). The van der Waals surface area contributed by atoms with Gasteiger partial charge >= 0.3 is 0 Å². The van der Waals surface area contributed by atoms with Crippen LogP contribution in [-0.4, -0.2) is 12.0 Å². The standard InChI is InChI=1S/C14H13IN2O3/c1-16-12-8-10(6-7-13(12)17(18)19)9-20-14-5-3-2-4-11(14)15/h2-8,16H,9H2,1H3. The number of nitrogens with one attached hydrogen (secondary N) is 1. The van der Waals surface area contributed by atoms with Gasteiger partial charge in [-0.15, -0.1) is 0 Å². The quantitative estimate of drug-likeness (QED) is 0.484. The number of halogens is 1. The molecule has 0 aliphatic carbocycles. The summed E-state index contributed by atoms with van der Waals surface area (Å²) in [5.74, 6) is 0.803. The van der Waals surface area contributed by atoms with Gasteiger partial charge in [-0.05, 0) is 52.4 Å². The largest absolute Gasteiger partial charge is 0.488 e. The predicted octanol–water partition coefficient (Wildman–Crippen LogP) is 3.82. The van der Waals surface area contributed by atoms with E-state index in [1.54, 1.807) is 19.2 Å². The molecule has 0 spiro atoms. The molecule has 0 fully saturated rings. The maximum absolute atomic E-state index is 10.8. The van der Waals surface area contributed by atoms with Gasteiger partial charge in [-0.3, -0.25) is 10.1 Å². The molecule has 0 aromatic heterocycles. The van der Waals surface area contributed by atoms with Gasteiger partial charge in [-0.25, -0.2) is 0 Å². The molecule has 0 atom stereocenters. The van der Waals surface area contributed by atoms with Crippen LogP contribution in [0, 0.1) is 13.7 Å². The number of rotatable bonds is 5. The molecule has 0 radical (unpaired) electrons. The molecule has 2 aromatic carbocycles. The molecule has 6 heteroatoms. The highest BCUT2D eigenvalue weighted by Gasteiger charge is 2.13. The number of hydrogen-bond donors (Lipinski definition) is 1. The van der Waals surface area contributed by atoms with Crippen LogP contribution in [-0.2, 0) is 6.61 Å². The zero-order valence-corrected chi connectivity index (χ0v) is 13.0. The molecular weight excluding hydrogens is 371 g/mol. The van der Waals surface area contributed by atoms with Crippen molar-refractivity contribution in [2.45, 2.75) is 6.61 Å². The maximum atomic E-state index is 10.8. The Kier molecular flexibility index (Phi) is 4.78. The third kappa shape index (κ3) is 3.38. The normalized spacial score (nSPS) is 10.1. The van der Waals surface area contributed by atoms with Gasteiger partial charge in [-0.2, -0.15) is 0 Å². The molecular formula is C14H13IN2O3. The van der Waals surface area contributed by atoms with E-state index in [4.69, 9.17) is 4.74 Å². The van der Waals surface area contributed by atoms with Crippen molar-refractivity contribution in [3.63, 3.8) is 0 Å². The molecule has 0 bridgehead atoms. The van der Waals surface area contributed by atoms with Crippen LogP contribution in [0.2, 0.25) is 0 Å². The minimum absolute atomic E-state index is 0.0607. The first kappa shape index (κ1) is 14.6. The van der Waals surface area contributed by atoms with Crippen molar-refractivity contribution >= 4 is 34.0 Å². The topological polar surface area (TPSA) is 64.4 Å². The molecule has 1 N–H and O–H groups in total. The lowest BCUT2D eigenvalue weighted by Crippen LogP contribution is -2.01. The second-order valence-corrected chi connectivity index (χ2v) is 5.24. The van der Waals surface area contributed by atoms with Crippen LogP contribution in [0.25, 0.3) is 0 Å². The fourth-order valence-corrected chi connectivity index (χ4v) is 2.30. The van der Waals surface area contributed by atoms with Gasteiger partial charge in [0.05, 0.1) is 8.49 Å². The number of anilines is 1. The molecule has 0 saturated heterocycles. The Morgan fingerprint density at radius 1 is 1.30 bits per heavy atom. The van der Waals surface area contributed by atoms with Crippen molar-refractivity contribution in [1.82, 2.24) is 0 Å². The maximum Gasteiger partial charge on any atom is 0.292 e. The van der Waals surface area contributed by atoms with Crippen molar-refractivity contribution in [3.05, 3.63) is 61.7 Å². The number of hydrogen-bond acceptors (Lipinski definition) is 4. The van der Waals surface area contributed by atoms with Crippen LogP contribution >= 0.6 is 22.6 Å². The van der Waals surface area contributed by atoms with E-state index in [1.165, 1.54) is 6.07 Å². The first-order valence-corrected chi connectivity index (χ1v) is 7.02. The summed E-state index contributed by atoms with van der Waals surface area (Å²) in [6, 6.07) is 12.6. The number of para-hydroxylation sites is 1. The van der Waals surface area contributed by atoms with E-state index in [0.29, 0.717) is 12.3 Å². The van der Waals surface area contributed by atoms with Crippen molar-refractivity contribution in [2.24, 2.45) is 0 Å². The summed E-state index contributed by atoms with van der Waals surface area (Å²) >= 11 is 2.20. The Balaban J connectivity index is 2.15. The molecule has 0 saturated carbocycles. The SMILES string of the molecule is CNc1cc(COc2ccccc2I)ccc1[N+](=O)[O-]. The van der Waals surface area contributed by atoms with E-state index in [0.717, 1.165) is 14.9 Å². The number of ether oxygens (including phenoxy) is 1. The van der Waals surface area contributed by atoms with Crippen LogP contribution in [0.4, 0.5) is 11.4 Å². The Morgan fingerprint density at radius 3 is 2.70 bits per heavy atom. The summed E-state index contributed by atoms with van der Waals surface area (Å²) < 4.78 is 6.75. The minimum Gasteiger partial charge on any atom is -0.488 e. The molecule has 20 heavy (non-hydrogen) atoms. The van der Waals surface area contributed by atoms with Crippen molar-refractivity contribution in [1.29, 1.82) is 0 Å². The van der Waals surface area contributed by atoms with Gasteiger partial charge in [0.1, 0.15) is 18.0 Å². The van der Waals surface area contributed by atoms with Gasteiger partial charge < -0.3 is 10.1 Å². The lowest BCUT2D eigenvalue weighted by Gasteiger charge is -2.09. The van der Waals surface area contributed by atoms with Gasteiger partial charge in [0.25, 0.3) is 5.69 Å². The summed E-state index contributed by atoms with van der Waals surface area (Å²) in [6.07, 6.45) is 0. The Morgan fingerprint density at radius 2 is 2.05 bits per heavy atom. The van der Waals surface area contributed by atoms with Gasteiger partial charge in [0, 0.05) is 13.1 Å². The first-order valence-electron chi connectivity index (χ1n) is 5.94. The number of benzene rings is 2. The molecule has 0 aliphatic heterocycles. The highest BCUT2D eigenvalue weighted by molar-refractivity contribution is 14.1. The number of nitrogens with zero attached hydrogens (tertiary/aromatic N) is 1. The highest BCUT2D eigenvalue weighted by Crippen LogP contribution is 2.26. The monoisotopic (exact) mass is 384 g/mol. The molecule has 0 aliphatic rings. The summed E-state index contributed by atoms with van der Waals surface area (Å²) in [7, 11) is 1.66. The zero-order chi connectivity index (χ0) is 14.5. The molecule has 104 valence electrons. The first-order chi connectivity index (χ1) is 9.61. The lowest BCUT2D eigenvalue weighted by molar-refractivity contribution is -0.384. The van der Waals surface area contributed by atoms with Crippen LogP contribution in [0.1, 0.15) is 5.56 Å². The van der Waals surface area contributed by atoms with Gasteiger partial charge in [0.2, 0.25) is 0 Å². The Labute approximate surface area is 130 Å². The Hall–Kier alpha value is -1.83. The molecule has 5 nitrogen and oxygen atoms in total. The van der Waals surface area contributed by atoms with E-state index in [-0.39, 0.29) is 5.69 Å². The zero-order valence-electron chi connectivity index (χ0n) is 10.8. The minimum atomic E-state index is -0.406. The summed E-state index contributed by atoms with van der Waals surface area (Å²) in [6.45, 7) is 0.368.